The lowest BCUT2D eigenvalue weighted by atomic mass is 10.0. The molecule has 108 valence electrons. The highest BCUT2D eigenvalue weighted by Gasteiger charge is 2.39. The van der Waals surface area contributed by atoms with Crippen molar-refractivity contribution in [2.24, 2.45) is 0 Å². The number of β-amino-alcohol motifs (C(OH)–C–C–N with tert-alkyl or cyclic N) is 1. The first-order valence-electron chi connectivity index (χ1n) is 6.54. The van der Waals surface area contributed by atoms with Gasteiger partial charge in [-0.2, -0.15) is 0 Å². The number of hydrogen-bond donors (Lipinski definition) is 3. The van der Waals surface area contributed by atoms with Gasteiger partial charge in [-0.1, -0.05) is 0 Å². The molecular formula is C12H16N4O4. The van der Waals surface area contributed by atoms with E-state index in [9.17, 15) is 19.8 Å². The van der Waals surface area contributed by atoms with Gasteiger partial charge < -0.3 is 25.0 Å². The zero-order valence-electron chi connectivity index (χ0n) is 10.8. The highest BCUT2D eigenvalue weighted by Crippen LogP contribution is 2.23. The number of aliphatic hydroxyl groups excluding tert-OH is 1. The van der Waals surface area contributed by atoms with Crippen LogP contribution in [0.3, 0.4) is 0 Å². The smallest absolute Gasteiger partial charge is 0.326 e. The van der Waals surface area contributed by atoms with Crippen molar-refractivity contribution in [3.05, 3.63) is 17.7 Å². The predicted molar refractivity (Wildman–Crippen MR) is 66.9 cm³/mol. The third-order valence-electron chi connectivity index (χ3n) is 3.86. The molecule has 8 heteroatoms. The number of aromatic amines is 1. The molecule has 1 fully saturated rings. The molecule has 2 unspecified atom stereocenters. The number of carbonyl (C=O) groups is 2. The molecule has 1 aromatic rings. The van der Waals surface area contributed by atoms with Crippen molar-refractivity contribution >= 4 is 12.0 Å². The molecule has 0 aromatic carbocycles. The number of nitrogens with zero attached hydrogens (tertiary/aromatic N) is 3. The minimum absolute atomic E-state index is 0.205. The number of urea groups is 1. The van der Waals surface area contributed by atoms with Crippen molar-refractivity contribution in [2.75, 3.05) is 13.1 Å². The minimum atomic E-state index is -1.04. The van der Waals surface area contributed by atoms with Gasteiger partial charge in [0.15, 0.2) is 0 Å². The van der Waals surface area contributed by atoms with Crippen LogP contribution >= 0.6 is 0 Å². The van der Waals surface area contributed by atoms with Crippen LogP contribution in [0.4, 0.5) is 4.79 Å². The number of H-pyrrole nitrogens is 1. The molecule has 1 saturated heterocycles. The average Bonchev–Trinajstić information content (AvgIpc) is 3.04. The van der Waals surface area contributed by atoms with Crippen molar-refractivity contribution in [3.63, 3.8) is 0 Å². The SMILES string of the molecule is O=C(O)C1Cc2nc[nH]c2CN1C(=O)N1CCC(O)C1. The fraction of sp³-hybridized carbons (Fsp3) is 0.583. The quantitative estimate of drug-likeness (QED) is 0.637. The molecule has 3 heterocycles. The Bertz CT molecular complexity index is 543. The largest absolute Gasteiger partial charge is 0.480 e. The highest BCUT2D eigenvalue weighted by molar-refractivity contribution is 5.83. The second-order valence-electron chi connectivity index (χ2n) is 5.18. The summed E-state index contributed by atoms with van der Waals surface area (Å²) in [6.07, 6.45) is 1.73. The van der Waals surface area contributed by atoms with E-state index >= 15 is 0 Å². The third kappa shape index (κ3) is 2.11. The highest BCUT2D eigenvalue weighted by atomic mass is 16.4. The third-order valence-corrected chi connectivity index (χ3v) is 3.86. The molecule has 0 saturated carbocycles. The Labute approximate surface area is 115 Å². The fourth-order valence-electron chi connectivity index (χ4n) is 2.75. The summed E-state index contributed by atoms with van der Waals surface area (Å²) in [6, 6.07) is -1.25. The summed E-state index contributed by atoms with van der Waals surface area (Å²) in [5.74, 6) is -1.04. The van der Waals surface area contributed by atoms with E-state index in [4.69, 9.17) is 0 Å². The van der Waals surface area contributed by atoms with Crippen molar-refractivity contribution in [3.8, 4) is 0 Å². The van der Waals surface area contributed by atoms with E-state index in [2.05, 4.69) is 9.97 Å². The van der Waals surface area contributed by atoms with Crippen LogP contribution in [0, 0.1) is 0 Å². The monoisotopic (exact) mass is 280 g/mol. The van der Waals surface area contributed by atoms with E-state index in [0.29, 0.717) is 18.7 Å². The molecular weight excluding hydrogens is 264 g/mol. The number of aliphatic hydroxyl groups is 1. The number of likely N-dealkylation sites (tertiary alicyclic amines) is 1. The number of aromatic nitrogens is 2. The van der Waals surface area contributed by atoms with Gasteiger partial charge >= 0.3 is 12.0 Å². The number of imidazole rings is 1. The van der Waals surface area contributed by atoms with E-state index in [0.717, 1.165) is 5.69 Å². The van der Waals surface area contributed by atoms with Crippen LogP contribution < -0.4 is 0 Å². The molecule has 1 aromatic heterocycles. The van der Waals surface area contributed by atoms with Crippen LogP contribution in [0.1, 0.15) is 17.8 Å². The number of carboxylic acid groups (broad SMARTS) is 1. The van der Waals surface area contributed by atoms with E-state index in [1.54, 1.807) is 0 Å². The minimum Gasteiger partial charge on any atom is -0.480 e. The van der Waals surface area contributed by atoms with Gasteiger partial charge in [0.25, 0.3) is 0 Å². The van der Waals surface area contributed by atoms with Crippen LogP contribution in [0.15, 0.2) is 6.33 Å². The molecule has 0 aliphatic carbocycles. The molecule has 3 N–H and O–H groups in total. The van der Waals surface area contributed by atoms with Crippen molar-refractivity contribution in [2.45, 2.75) is 31.5 Å². The Morgan fingerprint density at radius 3 is 2.90 bits per heavy atom. The second-order valence-corrected chi connectivity index (χ2v) is 5.18. The van der Waals surface area contributed by atoms with Gasteiger partial charge in [0.2, 0.25) is 0 Å². The first-order valence-corrected chi connectivity index (χ1v) is 6.54. The average molecular weight is 280 g/mol. The van der Waals surface area contributed by atoms with Gasteiger partial charge in [0.1, 0.15) is 6.04 Å². The molecule has 0 radical (unpaired) electrons. The number of amides is 2. The number of nitrogens with one attached hydrogen (secondary N) is 1. The molecule has 8 nitrogen and oxygen atoms in total. The molecule has 20 heavy (non-hydrogen) atoms. The number of rotatable bonds is 1. The summed E-state index contributed by atoms with van der Waals surface area (Å²) in [5.41, 5.74) is 1.47. The first-order chi connectivity index (χ1) is 9.56. The van der Waals surface area contributed by atoms with Gasteiger partial charge in [0, 0.05) is 19.5 Å². The fourth-order valence-corrected chi connectivity index (χ4v) is 2.75. The lowest BCUT2D eigenvalue weighted by molar-refractivity contribution is -0.142. The Hall–Kier alpha value is -2.09. The predicted octanol–water partition coefficient (Wildman–Crippen LogP) is -0.592. The van der Waals surface area contributed by atoms with Gasteiger partial charge in [-0.25, -0.2) is 14.6 Å². The van der Waals surface area contributed by atoms with E-state index < -0.39 is 18.1 Å². The Kier molecular flexibility index (Phi) is 3.09. The van der Waals surface area contributed by atoms with Crippen LogP contribution in [0.5, 0.6) is 0 Å². The maximum atomic E-state index is 12.4. The van der Waals surface area contributed by atoms with Crippen LogP contribution in [-0.2, 0) is 17.8 Å². The standard InChI is InChI=1S/C12H16N4O4/c17-7-1-2-15(4-7)12(20)16-5-9-8(13-6-14-9)3-10(16)11(18)19/h6-7,10,17H,1-5H2,(H,13,14)(H,18,19). The Morgan fingerprint density at radius 2 is 2.25 bits per heavy atom. The van der Waals surface area contributed by atoms with Crippen molar-refractivity contribution in [1.82, 2.24) is 19.8 Å². The summed E-state index contributed by atoms with van der Waals surface area (Å²) in [7, 11) is 0. The molecule has 0 spiro atoms. The summed E-state index contributed by atoms with van der Waals surface area (Å²) < 4.78 is 0. The summed E-state index contributed by atoms with van der Waals surface area (Å²) in [6.45, 7) is 0.925. The Morgan fingerprint density at radius 1 is 1.45 bits per heavy atom. The molecule has 2 aliphatic rings. The zero-order chi connectivity index (χ0) is 14.3. The maximum absolute atomic E-state index is 12.4. The second kappa shape index (κ2) is 4.78. The van der Waals surface area contributed by atoms with E-state index in [-0.39, 0.29) is 25.5 Å². The molecule has 3 rings (SSSR count). The van der Waals surface area contributed by atoms with Crippen LogP contribution in [0.2, 0.25) is 0 Å². The van der Waals surface area contributed by atoms with Crippen molar-refractivity contribution in [1.29, 1.82) is 0 Å². The number of aliphatic carboxylic acids is 1. The van der Waals surface area contributed by atoms with Crippen molar-refractivity contribution < 1.29 is 19.8 Å². The normalized spacial score (nSPS) is 25.6. The molecule has 2 aliphatic heterocycles. The first kappa shape index (κ1) is 12.9. The lowest BCUT2D eigenvalue weighted by Gasteiger charge is -2.35. The van der Waals surface area contributed by atoms with Gasteiger partial charge in [-0.15, -0.1) is 0 Å². The van der Waals surface area contributed by atoms with Gasteiger partial charge in [0.05, 0.1) is 30.4 Å². The molecule has 0 bridgehead atoms. The number of carboxylic acids is 1. The Balaban J connectivity index is 1.83. The number of carbonyl (C=O) groups excluding carboxylic acids is 1. The molecule has 2 atom stereocenters. The van der Waals surface area contributed by atoms with Gasteiger partial charge in [-0.05, 0) is 6.42 Å². The molecule has 2 amide bonds. The van der Waals surface area contributed by atoms with E-state index in [1.165, 1.54) is 16.1 Å². The summed E-state index contributed by atoms with van der Waals surface area (Å²) >= 11 is 0. The summed E-state index contributed by atoms with van der Waals surface area (Å²) in [4.78, 5) is 33.7. The summed E-state index contributed by atoms with van der Waals surface area (Å²) in [5, 5.41) is 18.8. The number of fused-ring (bicyclic) bond motifs is 1. The van der Waals surface area contributed by atoms with Crippen LogP contribution in [-0.4, -0.2) is 67.2 Å². The lowest BCUT2D eigenvalue weighted by Crippen LogP contribution is -2.53. The number of hydrogen-bond acceptors (Lipinski definition) is 4. The van der Waals surface area contributed by atoms with E-state index in [1.807, 2.05) is 0 Å². The van der Waals surface area contributed by atoms with Gasteiger partial charge in [-0.3, -0.25) is 0 Å². The maximum Gasteiger partial charge on any atom is 0.326 e. The van der Waals surface area contributed by atoms with Crippen LogP contribution in [0.25, 0.3) is 0 Å². The topological polar surface area (TPSA) is 110 Å². The zero-order valence-corrected chi connectivity index (χ0v) is 10.8.